The van der Waals surface area contributed by atoms with Crippen LogP contribution in [0.1, 0.15) is 35.7 Å². The Hall–Kier alpha value is -1.90. The summed E-state index contributed by atoms with van der Waals surface area (Å²) in [5.74, 6) is 0.210. The van der Waals surface area contributed by atoms with Gasteiger partial charge in [0, 0.05) is 18.6 Å². The first-order valence-electron chi connectivity index (χ1n) is 5.75. The maximum Gasteiger partial charge on any atom is 0.252 e. The van der Waals surface area contributed by atoms with E-state index in [2.05, 4.69) is 24.1 Å². The third-order valence-corrected chi connectivity index (χ3v) is 2.87. The highest BCUT2D eigenvalue weighted by atomic mass is 16.1. The number of hydrogen-bond donors (Lipinski definition) is 1. The molecule has 1 heterocycles. The van der Waals surface area contributed by atoms with E-state index < -0.39 is 0 Å². The first-order valence-corrected chi connectivity index (χ1v) is 5.75. The second-order valence-electron chi connectivity index (χ2n) is 4.34. The van der Waals surface area contributed by atoms with E-state index in [4.69, 9.17) is 0 Å². The second-order valence-corrected chi connectivity index (χ2v) is 4.34. The number of hydrogen-bond acceptors (Lipinski definition) is 2. The van der Waals surface area contributed by atoms with Crippen LogP contribution < -0.4 is 5.32 Å². The van der Waals surface area contributed by atoms with E-state index >= 15 is 0 Å². The van der Waals surface area contributed by atoms with Crippen molar-refractivity contribution in [2.45, 2.75) is 19.8 Å². The predicted octanol–water partition coefficient (Wildman–Crippen LogP) is 2.72. The molecule has 0 bridgehead atoms. The lowest BCUT2D eigenvalue weighted by molar-refractivity contribution is 0.0961. The lowest BCUT2D eigenvalue weighted by atomic mass is 9.94. The number of benzene rings is 1. The molecule has 1 N–H and O–H groups in total. The van der Waals surface area contributed by atoms with Gasteiger partial charge in [0.15, 0.2) is 0 Å². The van der Waals surface area contributed by atoms with Crippen LogP contribution in [0, 0.1) is 0 Å². The zero-order valence-corrected chi connectivity index (χ0v) is 10.3. The Morgan fingerprint density at radius 2 is 2.00 bits per heavy atom. The number of rotatable bonds is 2. The first-order chi connectivity index (χ1) is 8.15. The van der Waals surface area contributed by atoms with Crippen LogP contribution in [0.5, 0.6) is 0 Å². The molecule has 2 aromatic rings. The van der Waals surface area contributed by atoms with Crippen molar-refractivity contribution in [2.75, 3.05) is 7.05 Å². The molecule has 1 aromatic heterocycles. The van der Waals surface area contributed by atoms with Crippen molar-refractivity contribution in [3.63, 3.8) is 0 Å². The van der Waals surface area contributed by atoms with Gasteiger partial charge < -0.3 is 5.32 Å². The maximum absolute atomic E-state index is 11.8. The summed E-state index contributed by atoms with van der Waals surface area (Å²) in [5.41, 5.74) is 2.67. The SMILES string of the molecule is CNC(=O)c1cnc2ccccc2c1C(C)C. The molecular formula is C14H16N2O. The minimum Gasteiger partial charge on any atom is -0.355 e. The van der Waals surface area contributed by atoms with Crippen molar-refractivity contribution < 1.29 is 4.79 Å². The van der Waals surface area contributed by atoms with E-state index in [-0.39, 0.29) is 11.8 Å². The lowest BCUT2D eigenvalue weighted by Crippen LogP contribution is -2.20. The summed E-state index contributed by atoms with van der Waals surface area (Å²) in [6, 6.07) is 7.92. The average Bonchev–Trinajstić information content (AvgIpc) is 2.36. The van der Waals surface area contributed by atoms with Gasteiger partial charge in [-0.15, -0.1) is 0 Å². The van der Waals surface area contributed by atoms with Crippen LogP contribution >= 0.6 is 0 Å². The zero-order valence-electron chi connectivity index (χ0n) is 10.3. The molecule has 0 aliphatic carbocycles. The number of amides is 1. The fraction of sp³-hybridized carbons (Fsp3) is 0.286. The lowest BCUT2D eigenvalue weighted by Gasteiger charge is -2.14. The van der Waals surface area contributed by atoms with Crippen LogP contribution in [0.2, 0.25) is 0 Å². The molecule has 2 rings (SSSR count). The summed E-state index contributed by atoms with van der Waals surface area (Å²) in [6.07, 6.45) is 1.66. The minimum atomic E-state index is -0.0769. The number of fused-ring (bicyclic) bond motifs is 1. The van der Waals surface area contributed by atoms with Crippen LogP contribution in [-0.2, 0) is 0 Å². The van der Waals surface area contributed by atoms with E-state index in [1.807, 2.05) is 24.3 Å². The number of carbonyl (C=O) groups excluding carboxylic acids is 1. The van der Waals surface area contributed by atoms with E-state index in [0.29, 0.717) is 5.56 Å². The highest BCUT2D eigenvalue weighted by Crippen LogP contribution is 2.27. The van der Waals surface area contributed by atoms with Gasteiger partial charge in [-0.3, -0.25) is 9.78 Å². The molecule has 0 aliphatic rings. The Morgan fingerprint density at radius 3 is 2.65 bits per heavy atom. The molecule has 0 radical (unpaired) electrons. The largest absolute Gasteiger partial charge is 0.355 e. The molecule has 3 heteroatoms. The van der Waals surface area contributed by atoms with Crippen LogP contribution in [0.3, 0.4) is 0 Å². The van der Waals surface area contributed by atoms with Crippen molar-refractivity contribution in [3.05, 3.63) is 41.6 Å². The number of para-hydroxylation sites is 1. The van der Waals surface area contributed by atoms with Crippen molar-refractivity contribution in [3.8, 4) is 0 Å². The number of pyridine rings is 1. The normalized spacial score (nSPS) is 10.8. The van der Waals surface area contributed by atoms with Gasteiger partial charge in [-0.2, -0.15) is 0 Å². The van der Waals surface area contributed by atoms with Gasteiger partial charge in [0.25, 0.3) is 5.91 Å². The van der Waals surface area contributed by atoms with Crippen molar-refractivity contribution in [2.24, 2.45) is 0 Å². The van der Waals surface area contributed by atoms with Crippen LogP contribution in [0.25, 0.3) is 10.9 Å². The smallest absolute Gasteiger partial charge is 0.252 e. The number of nitrogens with one attached hydrogen (secondary N) is 1. The second kappa shape index (κ2) is 4.53. The van der Waals surface area contributed by atoms with Gasteiger partial charge >= 0.3 is 0 Å². The molecule has 0 fully saturated rings. The molecule has 88 valence electrons. The maximum atomic E-state index is 11.8. The summed E-state index contributed by atoms with van der Waals surface area (Å²) < 4.78 is 0. The number of aromatic nitrogens is 1. The first kappa shape index (κ1) is 11.6. The minimum absolute atomic E-state index is 0.0769. The summed E-state index contributed by atoms with van der Waals surface area (Å²) in [7, 11) is 1.64. The summed E-state index contributed by atoms with van der Waals surface area (Å²) in [4.78, 5) is 16.2. The number of nitrogens with zero attached hydrogens (tertiary/aromatic N) is 1. The van der Waals surface area contributed by atoms with Gasteiger partial charge in [-0.25, -0.2) is 0 Å². The van der Waals surface area contributed by atoms with Gasteiger partial charge in [0.05, 0.1) is 11.1 Å². The van der Waals surface area contributed by atoms with Gasteiger partial charge in [0.1, 0.15) is 0 Å². The quantitative estimate of drug-likeness (QED) is 0.858. The topological polar surface area (TPSA) is 42.0 Å². The Morgan fingerprint density at radius 1 is 1.29 bits per heavy atom. The average molecular weight is 228 g/mol. The fourth-order valence-corrected chi connectivity index (χ4v) is 2.10. The molecule has 0 saturated carbocycles. The van der Waals surface area contributed by atoms with Crippen LogP contribution in [0.15, 0.2) is 30.5 Å². The van der Waals surface area contributed by atoms with Gasteiger partial charge in [-0.1, -0.05) is 32.0 Å². The Labute approximate surface area is 101 Å². The third-order valence-electron chi connectivity index (χ3n) is 2.87. The Balaban J connectivity index is 2.77. The Bertz CT molecular complexity index is 561. The molecule has 0 atom stereocenters. The van der Waals surface area contributed by atoms with Gasteiger partial charge in [-0.05, 0) is 17.5 Å². The van der Waals surface area contributed by atoms with E-state index in [0.717, 1.165) is 16.5 Å². The van der Waals surface area contributed by atoms with Crippen molar-refractivity contribution in [1.29, 1.82) is 0 Å². The summed E-state index contributed by atoms with van der Waals surface area (Å²) >= 11 is 0. The monoisotopic (exact) mass is 228 g/mol. The molecule has 1 amide bonds. The van der Waals surface area contributed by atoms with Crippen LogP contribution in [0.4, 0.5) is 0 Å². The standard InChI is InChI=1S/C14H16N2O/c1-9(2)13-10-6-4-5-7-12(10)16-8-11(13)14(17)15-3/h4-9H,1-3H3,(H,15,17). The van der Waals surface area contributed by atoms with Crippen molar-refractivity contribution in [1.82, 2.24) is 10.3 Å². The van der Waals surface area contributed by atoms with Gasteiger partial charge in [0.2, 0.25) is 0 Å². The van der Waals surface area contributed by atoms with E-state index in [1.165, 1.54) is 0 Å². The zero-order chi connectivity index (χ0) is 12.4. The molecular weight excluding hydrogens is 212 g/mol. The molecule has 3 nitrogen and oxygen atoms in total. The summed E-state index contributed by atoms with van der Waals surface area (Å²) in [5, 5.41) is 3.72. The molecule has 0 spiro atoms. The van der Waals surface area contributed by atoms with Crippen LogP contribution in [-0.4, -0.2) is 17.9 Å². The summed E-state index contributed by atoms with van der Waals surface area (Å²) in [6.45, 7) is 4.18. The number of carbonyl (C=O) groups is 1. The molecule has 1 aromatic carbocycles. The molecule has 17 heavy (non-hydrogen) atoms. The van der Waals surface area contributed by atoms with E-state index in [1.54, 1.807) is 13.2 Å². The molecule has 0 aliphatic heterocycles. The Kier molecular flexibility index (Phi) is 3.09. The third kappa shape index (κ3) is 2.00. The van der Waals surface area contributed by atoms with E-state index in [9.17, 15) is 4.79 Å². The highest BCUT2D eigenvalue weighted by Gasteiger charge is 2.16. The molecule has 0 saturated heterocycles. The highest BCUT2D eigenvalue weighted by molar-refractivity contribution is 6.00. The van der Waals surface area contributed by atoms with Crippen molar-refractivity contribution >= 4 is 16.8 Å². The molecule has 0 unspecified atom stereocenters. The predicted molar refractivity (Wildman–Crippen MR) is 69.2 cm³/mol. The fourth-order valence-electron chi connectivity index (χ4n) is 2.10.